The number of carbonyl (C=O) groups is 2. The van der Waals surface area contributed by atoms with Crippen molar-refractivity contribution in [1.29, 1.82) is 0 Å². The largest absolute Gasteiger partial charge is 0.483 e. The highest BCUT2D eigenvalue weighted by atomic mass is 127. The Kier molecular flexibility index (Phi) is 6.44. The first-order chi connectivity index (χ1) is 11.4. The van der Waals surface area contributed by atoms with Crippen molar-refractivity contribution in [1.82, 2.24) is 10.9 Å². The zero-order valence-electron chi connectivity index (χ0n) is 13.2. The standard InChI is InChI=1S/C17H16ClIN2O3/c1-10-4-3-5-11(2)16(10)24-9-15(22)20-21-17(23)13-7-6-12(18)8-14(13)19/h3-8H,9H2,1-2H3,(H,20,22)(H,21,23). The van der Waals surface area contributed by atoms with Crippen LogP contribution in [0.1, 0.15) is 21.5 Å². The molecule has 2 amide bonds. The quantitative estimate of drug-likeness (QED) is 0.545. The van der Waals surface area contributed by atoms with Gasteiger partial charge in [0, 0.05) is 8.59 Å². The van der Waals surface area contributed by atoms with Crippen molar-refractivity contribution in [3.63, 3.8) is 0 Å². The number of nitrogens with one attached hydrogen (secondary N) is 2. The van der Waals surface area contributed by atoms with Crippen LogP contribution in [0.25, 0.3) is 0 Å². The number of hydrazine groups is 1. The molecule has 0 bridgehead atoms. The Morgan fingerprint density at radius 3 is 2.42 bits per heavy atom. The van der Waals surface area contributed by atoms with Gasteiger partial charge in [0.25, 0.3) is 11.8 Å². The molecule has 7 heteroatoms. The van der Waals surface area contributed by atoms with Crippen molar-refractivity contribution < 1.29 is 14.3 Å². The lowest BCUT2D eigenvalue weighted by molar-refractivity contribution is -0.123. The SMILES string of the molecule is Cc1cccc(C)c1OCC(=O)NNC(=O)c1ccc(Cl)cc1I. The number of hydrogen-bond donors (Lipinski definition) is 2. The summed E-state index contributed by atoms with van der Waals surface area (Å²) in [5.74, 6) is -0.197. The number of amides is 2. The van der Waals surface area contributed by atoms with Crippen LogP contribution in [0.15, 0.2) is 36.4 Å². The van der Waals surface area contributed by atoms with Crippen molar-refractivity contribution in [3.8, 4) is 5.75 Å². The molecule has 0 saturated carbocycles. The molecular formula is C17H16ClIN2O3. The van der Waals surface area contributed by atoms with Gasteiger partial charge in [0.05, 0.1) is 5.56 Å². The monoisotopic (exact) mass is 458 g/mol. The van der Waals surface area contributed by atoms with Gasteiger partial charge in [0.15, 0.2) is 6.61 Å². The summed E-state index contributed by atoms with van der Waals surface area (Å²) in [4.78, 5) is 23.9. The number of para-hydroxylation sites is 1. The molecule has 2 aromatic rings. The molecule has 0 aliphatic rings. The first-order valence-corrected chi connectivity index (χ1v) is 8.57. The Bertz CT molecular complexity index is 760. The summed E-state index contributed by atoms with van der Waals surface area (Å²) < 4.78 is 6.22. The van der Waals surface area contributed by atoms with Crippen LogP contribution in [-0.4, -0.2) is 18.4 Å². The van der Waals surface area contributed by atoms with E-state index in [1.807, 2.05) is 54.6 Å². The van der Waals surface area contributed by atoms with Crippen LogP contribution in [0.3, 0.4) is 0 Å². The third-order valence-electron chi connectivity index (χ3n) is 3.25. The highest BCUT2D eigenvalue weighted by Crippen LogP contribution is 2.22. The van der Waals surface area contributed by atoms with Gasteiger partial charge in [-0.3, -0.25) is 20.4 Å². The van der Waals surface area contributed by atoms with E-state index in [9.17, 15) is 9.59 Å². The van der Waals surface area contributed by atoms with E-state index in [1.54, 1.807) is 18.2 Å². The third kappa shape index (κ3) is 4.85. The molecule has 0 aliphatic heterocycles. The first-order valence-electron chi connectivity index (χ1n) is 7.11. The number of aryl methyl sites for hydroxylation is 2. The fourth-order valence-corrected chi connectivity index (χ4v) is 3.18. The first kappa shape index (κ1) is 18.5. The number of benzene rings is 2. The summed E-state index contributed by atoms with van der Waals surface area (Å²) in [6, 6.07) is 10.6. The Morgan fingerprint density at radius 1 is 1.12 bits per heavy atom. The molecule has 24 heavy (non-hydrogen) atoms. The number of hydrogen-bond acceptors (Lipinski definition) is 3. The lowest BCUT2D eigenvalue weighted by Crippen LogP contribution is -2.44. The summed E-state index contributed by atoms with van der Waals surface area (Å²) in [5, 5.41) is 0.544. The molecule has 0 saturated heterocycles. The van der Waals surface area contributed by atoms with Crippen molar-refractivity contribution in [3.05, 3.63) is 61.7 Å². The smallest absolute Gasteiger partial charge is 0.276 e. The van der Waals surface area contributed by atoms with E-state index >= 15 is 0 Å². The second kappa shape index (κ2) is 8.34. The molecule has 0 fully saturated rings. The van der Waals surface area contributed by atoms with Gasteiger partial charge in [-0.2, -0.15) is 0 Å². The minimum atomic E-state index is -0.449. The molecule has 2 aromatic carbocycles. The van der Waals surface area contributed by atoms with E-state index in [-0.39, 0.29) is 6.61 Å². The molecule has 0 unspecified atom stereocenters. The van der Waals surface area contributed by atoms with Gasteiger partial charge < -0.3 is 4.74 Å². The summed E-state index contributed by atoms with van der Waals surface area (Å²) >= 11 is 7.86. The van der Waals surface area contributed by atoms with Crippen LogP contribution >= 0.6 is 34.2 Å². The minimum Gasteiger partial charge on any atom is -0.483 e. The van der Waals surface area contributed by atoms with Gasteiger partial charge in [-0.1, -0.05) is 29.8 Å². The predicted molar refractivity (Wildman–Crippen MR) is 101 cm³/mol. The third-order valence-corrected chi connectivity index (χ3v) is 4.38. The number of ether oxygens (including phenoxy) is 1. The lowest BCUT2D eigenvalue weighted by Gasteiger charge is -2.12. The second-order valence-corrected chi connectivity index (χ2v) is 6.73. The zero-order valence-corrected chi connectivity index (χ0v) is 16.1. The Morgan fingerprint density at radius 2 is 1.79 bits per heavy atom. The number of rotatable bonds is 4. The molecule has 2 rings (SSSR count). The van der Waals surface area contributed by atoms with E-state index in [1.165, 1.54) is 0 Å². The molecule has 5 nitrogen and oxygen atoms in total. The minimum absolute atomic E-state index is 0.191. The highest BCUT2D eigenvalue weighted by Gasteiger charge is 2.12. The maximum absolute atomic E-state index is 12.0. The van der Waals surface area contributed by atoms with E-state index in [0.29, 0.717) is 19.9 Å². The van der Waals surface area contributed by atoms with Crippen molar-refractivity contribution >= 4 is 46.0 Å². The Hall–Kier alpha value is -1.80. The number of carbonyl (C=O) groups excluding carboxylic acids is 2. The maximum atomic E-state index is 12.0. The Balaban J connectivity index is 1.88. The van der Waals surface area contributed by atoms with Gasteiger partial charge in [-0.15, -0.1) is 0 Å². The summed E-state index contributed by atoms with van der Waals surface area (Å²) in [6.07, 6.45) is 0. The topological polar surface area (TPSA) is 67.4 Å². The second-order valence-electron chi connectivity index (χ2n) is 5.14. The molecule has 0 heterocycles. The molecule has 0 radical (unpaired) electrons. The van der Waals surface area contributed by atoms with E-state index in [0.717, 1.165) is 11.1 Å². The van der Waals surface area contributed by atoms with E-state index in [4.69, 9.17) is 16.3 Å². The number of halogens is 2. The fourth-order valence-electron chi connectivity index (χ4n) is 2.07. The van der Waals surface area contributed by atoms with Gasteiger partial charge >= 0.3 is 0 Å². The van der Waals surface area contributed by atoms with Crippen LogP contribution in [0.4, 0.5) is 0 Å². The van der Waals surface area contributed by atoms with Gasteiger partial charge in [0.1, 0.15) is 5.75 Å². The summed E-state index contributed by atoms with van der Waals surface area (Å²) in [5.41, 5.74) is 7.01. The Labute approximate surface area is 158 Å². The van der Waals surface area contributed by atoms with Gasteiger partial charge in [-0.25, -0.2) is 0 Å². The van der Waals surface area contributed by atoms with Crippen LogP contribution in [-0.2, 0) is 4.79 Å². The lowest BCUT2D eigenvalue weighted by atomic mass is 10.1. The molecule has 0 aliphatic carbocycles. The van der Waals surface area contributed by atoms with Crippen molar-refractivity contribution in [2.24, 2.45) is 0 Å². The highest BCUT2D eigenvalue weighted by molar-refractivity contribution is 14.1. The van der Waals surface area contributed by atoms with Crippen LogP contribution in [0, 0.1) is 17.4 Å². The molecule has 0 aromatic heterocycles. The summed E-state index contributed by atoms with van der Waals surface area (Å²) in [6.45, 7) is 3.62. The van der Waals surface area contributed by atoms with Gasteiger partial charge in [0.2, 0.25) is 0 Å². The molecule has 0 atom stereocenters. The van der Waals surface area contributed by atoms with Crippen LogP contribution < -0.4 is 15.6 Å². The van der Waals surface area contributed by atoms with E-state index in [2.05, 4.69) is 10.9 Å². The molecule has 2 N–H and O–H groups in total. The van der Waals surface area contributed by atoms with Crippen molar-refractivity contribution in [2.45, 2.75) is 13.8 Å². The van der Waals surface area contributed by atoms with Crippen LogP contribution in [0.2, 0.25) is 5.02 Å². The fraction of sp³-hybridized carbons (Fsp3) is 0.176. The van der Waals surface area contributed by atoms with Crippen molar-refractivity contribution in [2.75, 3.05) is 6.61 Å². The summed E-state index contributed by atoms with van der Waals surface area (Å²) in [7, 11) is 0. The molecule has 126 valence electrons. The maximum Gasteiger partial charge on any atom is 0.276 e. The van der Waals surface area contributed by atoms with E-state index < -0.39 is 11.8 Å². The predicted octanol–water partition coefficient (Wildman–Crippen LogP) is 3.40. The van der Waals surface area contributed by atoms with Gasteiger partial charge in [-0.05, 0) is 65.8 Å². The van der Waals surface area contributed by atoms with Crippen LogP contribution in [0.5, 0.6) is 5.75 Å². The molecular weight excluding hydrogens is 443 g/mol. The zero-order chi connectivity index (χ0) is 17.7. The normalized spacial score (nSPS) is 10.2. The molecule has 0 spiro atoms. The average Bonchev–Trinajstić information content (AvgIpc) is 2.52. The average molecular weight is 459 g/mol.